The minimum Gasteiger partial charge on any atom is -0.423 e. The van der Waals surface area contributed by atoms with Crippen LogP contribution < -0.4 is 15.5 Å². The molecular weight excluding hydrogens is 418 g/mol. The fraction of sp³-hybridized carbons (Fsp3) is 0.0435. The maximum atomic E-state index is 12.3. The van der Waals surface area contributed by atoms with Crippen LogP contribution in [0, 0.1) is 6.92 Å². The number of amides is 2. The minimum atomic E-state index is -0.937. The smallest absolute Gasteiger partial charge is 0.343 e. The lowest BCUT2D eigenvalue weighted by atomic mass is 10.1. The zero-order valence-electron chi connectivity index (χ0n) is 16.5. The number of aryl methyl sites for hydroxylation is 1. The van der Waals surface area contributed by atoms with Gasteiger partial charge in [0, 0.05) is 10.7 Å². The lowest BCUT2D eigenvalue weighted by molar-refractivity contribution is -0.136. The van der Waals surface area contributed by atoms with Gasteiger partial charge in [-0.2, -0.15) is 5.10 Å². The summed E-state index contributed by atoms with van der Waals surface area (Å²) in [6, 6.07) is 20.0. The Morgan fingerprint density at radius 2 is 1.68 bits per heavy atom. The number of carbonyl (C=O) groups is 3. The van der Waals surface area contributed by atoms with Crippen molar-refractivity contribution in [2.45, 2.75) is 6.92 Å². The van der Waals surface area contributed by atoms with E-state index in [2.05, 4.69) is 15.8 Å². The van der Waals surface area contributed by atoms with Crippen molar-refractivity contribution in [2.75, 3.05) is 5.32 Å². The second kappa shape index (κ2) is 10.2. The molecule has 0 bridgehead atoms. The van der Waals surface area contributed by atoms with Crippen LogP contribution in [0.3, 0.4) is 0 Å². The average Bonchev–Trinajstić information content (AvgIpc) is 2.75. The van der Waals surface area contributed by atoms with E-state index < -0.39 is 17.8 Å². The van der Waals surface area contributed by atoms with E-state index in [1.807, 2.05) is 19.1 Å². The van der Waals surface area contributed by atoms with E-state index in [0.717, 1.165) is 5.56 Å². The van der Waals surface area contributed by atoms with Crippen LogP contribution in [0.4, 0.5) is 5.69 Å². The Bertz CT molecular complexity index is 1140. The highest BCUT2D eigenvalue weighted by atomic mass is 35.5. The normalized spacial score (nSPS) is 10.5. The molecule has 8 heteroatoms. The predicted molar refractivity (Wildman–Crippen MR) is 118 cm³/mol. The molecule has 0 heterocycles. The molecule has 2 N–H and O–H groups in total. The molecule has 0 saturated carbocycles. The fourth-order valence-corrected chi connectivity index (χ4v) is 2.69. The van der Waals surface area contributed by atoms with Gasteiger partial charge < -0.3 is 10.1 Å². The van der Waals surface area contributed by atoms with Gasteiger partial charge in [0.2, 0.25) is 0 Å². The summed E-state index contributed by atoms with van der Waals surface area (Å²) in [7, 11) is 0. The molecule has 0 aliphatic rings. The largest absolute Gasteiger partial charge is 0.423 e. The highest BCUT2D eigenvalue weighted by Crippen LogP contribution is 2.16. The molecule has 3 aromatic carbocycles. The molecule has 0 unspecified atom stereocenters. The summed E-state index contributed by atoms with van der Waals surface area (Å²) < 4.78 is 5.40. The van der Waals surface area contributed by atoms with Crippen molar-refractivity contribution in [3.05, 3.63) is 94.5 Å². The Balaban J connectivity index is 1.57. The van der Waals surface area contributed by atoms with Crippen LogP contribution in [-0.4, -0.2) is 24.0 Å². The van der Waals surface area contributed by atoms with E-state index in [1.54, 1.807) is 60.7 Å². The number of rotatable bonds is 5. The first-order chi connectivity index (χ1) is 14.9. The number of anilines is 1. The van der Waals surface area contributed by atoms with Gasteiger partial charge in [-0.15, -0.1) is 0 Å². The fourth-order valence-electron chi connectivity index (χ4n) is 2.56. The minimum absolute atomic E-state index is 0.323. The number of nitrogens with one attached hydrogen (secondary N) is 2. The molecule has 7 nitrogen and oxygen atoms in total. The molecule has 3 rings (SSSR count). The van der Waals surface area contributed by atoms with Crippen molar-refractivity contribution in [2.24, 2.45) is 5.10 Å². The molecule has 2 amide bonds. The average molecular weight is 436 g/mol. The van der Waals surface area contributed by atoms with Crippen LogP contribution in [0.1, 0.15) is 21.5 Å². The highest BCUT2D eigenvalue weighted by molar-refractivity contribution is 6.39. The van der Waals surface area contributed by atoms with Crippen molar-refractivity contribution in [1.29, 1.82) is 0 Å². The molecule has 0 aliphatic carbocycles. The topological polar surface area (TPSA) is 96.9 Å². The number of esters is 1. The third-order valence-corrected chi connectivity index (χ3v) is 4.37. The molecule has 0 aromatic heterocycles. The molecule has 0 fully saturated rings. The lowest BCUT2D eigenvalue weighted by Gasteiger charge is -2.07. The Labute approximate surface area is 183 Å². The first-order valence-electron chi connectivity index (χ1n) is 9.20. The monoisotopic (exact) mass is 435 g/mol. The van der Waals surface area contributed by atoms with Crippen molar-refractivity contribution in [3.63, 3.8) is 0 Å². The van der Waals surface area contributed by atoms with Gasteiger partial charge in [0.15, 0.2) is 0 Å². The summed E-state index contributed by atoms with van der Waals surface area (Å²) >= 11 is 5.78. The van der Waals surface area contributed by atoms with Crippen LogP contribution >= 0.6 is 11.6 Å². The van der Waals surface area contributed by atoms with Gasteiger partial charge >= 0.3 is 17.8 Å². The third kappa shape index (κ3) is 6.25. The first kappa shape index (κ1) is 21.7. The molecular formula is C23H18ClN3O4. The van der Waals surface area contributed by atoms with Crippen molar-refractivity contribution in [1.82, 2.24) is 5.43 Å². The van der Waals surface area contributed by atoms with Gasteiger partial charge in [0.1, 0.15) is 5.75 Å². The zero-order chi connectivity index (χ0) is 22.2. The van der Waals surface area contributed by atoms with Crippen molar-refractivity contribution < 1.29 is 19.1 Å². The molecule has 31 heavy (non-hydrogen) atoms. The highest BCUT2D eigenvalue weighted by Gasteiger charge is 2.13. The van der Waals surface area contributed by atoms with Crippen LogP contribution in [0.5, 0.6) is 5.75 Å². The van der Waals surface area contributed by atoms with Crippen molar-refractivity contribution >= 4 is 41.3 Å². The Kier molecular flexibility index (Phi) is 7.13. The van der Waals surface area contributed by atoms with E-state index >= 15 is 0 Å². The Morgan fingerprint density at radius 3 is 2.42 bits per heavy atom. The second-order valence-corrected chi connectivity index (χ2v) is 6.87. The Hall–Kier alpha value is -3.97. The van der Waals surface area contributed by atoms with Crippen LogP contribution in [0.2, 0.25) is 5.02 Å². The summed E-state index contributed by atoms with van der Waals surface area (Å²) in [6.07, 6.45) is 1.33. The SMILES string of the molecule is Cc1ccccc1C(=O)Oc1cccc(/C=N/NC(=O)C(=O)Nc2ccc(Cl)cc2)c1. The Morgan fingerprint density at radius 1 is 0.935 bits per heavy atom. The molecule has 3 aromatic rings. The maximum absolute atomic E-state index is 12.3. The number of hydrazone groups is 1. The van der Waals surface area contributed by atoms with Gasteiger partial charge in [0.05, 0.1) is 11.8 Å². The number of nitrogens with zero attached hydrogens (tertiary/aromatic N) is 1. The molecule has 0 radical (unpaired) electrons. The summed E-state index contributed by atoms with van der Waals surface area (Å²) in [4.78, 5) is 36.1. The molecule has 0 saturated heterocycles. The number of carbonyl (C=O) groups excluding carboxylic acids is 3. The lowest BCUT2D eigenvalue weighted by Crippen LogP contribution is -2.32. The summed E-state index contributed by atoms with van der Waals surface area (Å²) in [5, 5.41) is 6.70. The predicted octanol–water partition coefficient (Wildman–Crippen LogP) is 3.96. The van der Waals surface area contributed by atoms with Crippen molar-refractivity contribution in [3.8, 4) is 5.75 Å². The van der Waals surface area contributed by atoms with Gasteiger partial charge in [0.25, 0.3) is 0 Å². The van der Waals surface area contributed by atoms with Gasteiger partial charge in [-0.25, -0.2) is 10.2 Å². The number of benzene rings is 3. The zero-order valence-corrected chi connectivity index (χ0v) is 17.2. The third-order valence-electron chi connectivity index (χ3n) is 4.12. The number of halogens is 1. The molecule has 156 valence electrons. The van der Waals surface area contributed by atoms with Gasteiger partial charge in [-0.3, -0.25) is 9.59 Å². The number of hydrogen-bond donors (Lipinski definition) is 2. The van der Waals surface area contributed by atoms with E-state index in [1.165, 1.54) is 6.21 Å². The van der Waals surface area contributed by atoms with E-state index in [9.17, 15) is 14.4 Å². The van der Waals surface area contributed by atoms with Gasteiger partial charge in [-0.05, 0) is 60.5 Å². The summed E-state index contributed by atoms with van der Waals surface area (Å²) in [5.74, 6) is -1.96. The molecule has 0 spiro atoms. The van der Waals surface area contributed by atoms with E-state index in [0.29, 0.717) is 27.6 Å². The number of hydrogen-bond acceptors (Lipinski definition) is 5. The van der Waals surface area contributed by atoms with Crippen LogP contribution in [-0.2, 0) is 9.59 Å². The van der Waals surface area contributed by atoms with Crippen LogP contribution in [0.15, 0.2) is 77.9 Å². The summed E-state index contributed by atoms with van der Waals surface area (Å²) in [6.45, 7) is 1.82. The first-order valence-corrected chi connectivity index (χ1v) is 9.58. The standard InChI is InChI=1S/C23H18ClN3O4/c1-15-5-2-3-8-20(15)23(30)31-19-7-4-6-16(13-19)14-25-27-22(29)21(28)26-18-11-9-17(24)10-12-18/h2-14H,1H3,(H,26,28)(H,27,29)/b25-14+. The quantitative estimate of drug-likeness (QED) is 0.208. The van der Waals surface area contributed by atoms with E-state index in [4.69, 9.17) is 16.3 Å². The number of ether oxygens (including phenoxy) is 1. The molecule has 0 aliphatic heterocycles. The van der Waals surface area contributed by atoms with Gasteiger partial charge in [-0.1, -0.05) is 41.9 Å². The summed E-state index contributed by atoms with van der Waals surface area (Å²) in [5.41, 5.74) is 4.41. The van der Waals surface area contributed by atoms with E-state index in [-0.39, 0.29) is 0 Å². The molecule has 0 atom stereocenters. The second-order valence-electron chi connectivity index (χ2n) is 6.44. The maximum Gasteiger partial charge on any atom is 0.343 e. The van der Waals surface area contributed by atoms with Crippen LogP contribution in [0.25, 0.3) is 0 Å².